The average molecular weight is 409 g/mol. The molecule has 7 nitrogen and oxygen atoms in total. The molecule has 3 aromatic heterocycles. The first-order valence-corrected chi connectivity index (χ1v) is 9.68. The summed E-state index contributed by atoms with van der Waals surface area (Å²) in [5.74, 6) is 3.43. The van der Waals surface area contributed by atoms with Crippen molar-refractivity contribution in [2.45, 2.75) is 27.2 Å². The van der Waals surface area contributed by atoms with Crippen molar-refractivity contribution < 1.29 is 4.74 Å². The number of nitrogens with one attached hydrogen (secondary N) is 1. The fraction of sp³-hybridized carbons (Fsp3) is 0.238. The van der Waals surface area contributed by atoms with Crippen LogP contribution in [0.2, 0.25) is 5.15 Å². The first kappa shape index (κ1) is 19.1. The SMILES string of the molecule is CCc1nc(Cl)cc(Nc2cc(C)nn2-c2cc(C)c3cccc(OC)c3n2)n1. The number of aryl methyl sites for hydroxylation is 3. The minimum Gasteiger partial charge on any atom is -0.494 e. The molecule has 3 heterocycles. The van der Waals surface area contributed by atoms with Gasteiger partial charge in [-0.15, -0.1) is 0 Å². The zero-order valence-electron chi connectivity index (χ0n) is 16.7. The molecule has 0 spiro atoms. The van der Waals surface area contributed by atoms with E-state index in [9.17, 15) is 0 Å². The molecule has 29 heavy (non-hydrogen) atoms. The Kier molecular flexibility index (Phi) is 5.07. The second kappa shape index (κ2) is 7.67. The van der Waals surface area contributed by atoms with Crippen molar-refractivity contribution in [2.75, 3.05) is 12.4 Å². The molecule has 148 valence electrons. The predicted octanol–water partition coefficient (Wildman–Crippen LogP) is 4.80. The van der Waals surface area contributed by atoms with Crippen LogP contribution in [0.3, 0.4) is 0 Å². The van der Waals surface area contributed by atoms with E-state index in [1.54, 1.807) is 17.9 Å². The number of pyridine rings is 1. The van der Waals surface area contributed by atoms with Crippen LogP contribution in [0.5, 0.6) is 5.75 Å². The topological polar surface area (TPSA) is 77.8 Å². The smallest absolute Gasteiger partial charge is 0.156 e. The molecule has 1 N–H and O–H groups in total. The number of methoxy groups -OCH3 is 1. The summed E-state index contributed by atoms with van der Waals surface area (Å²) in [6, 6.07) is 11.5. The Morgan fingerprint density at radius 1 is 1.10 bits per heavy atom. The lowest BCUT2D eigenvalue weighted by Gasteiger charge is -2.13. The molecule has 0 aliphatic rings. The summed E-state index contributed by atoms with van der Waals surface area (Å²) in [7, 11) is 1.65. The van der Waals surface area contributed by atoms with E-state index >= 15 is 0 Å². The van der Waals surface area contributed by atoms with Crippen LogP contribution in [0.25, 0.3) is 16.7 Å². The van der Waals surface area contributed by atoms with E-state index in [1.807, 2.05) is 51.1 Å². The molecule has 4 rings (SSSR count). The minimum absolute atomic E-state index is 0.395. The third-order valence-corrected chi connectivity index (χ3v) is 4.77. The summed E-state index contributed by atoms with van der Waals surface area (Å²) >= 11 is 6.14. The van der Waals surface area contributed by atoms with Gasteiger partial charge in [0.2, 0.25) is 0 Å². The van der Waals surface area contributed by atoms with Crippen LogP contribution in [0.4, 0.5) is 11.6 Å². The van der Waals surface area contributed by atoms with Gasteiger partial charge in [0.1, 0.15) is 33.9 Å². The molecule has 0 bridgehead atoms. The lowest BCUT2D eigenvalue weighted by atomic mass is 10.1. The molecule has 8 heteroatoms. The molecule has 0 unspecified atom stereocenters. The lowest BCUT2D eigenvalue weighted by molar-refractivity contribution is 0.419. The van der Waals surface area contributed by atoms with Crippen LogP contribution in [-0.4, -0.2) is 31.8 Å². The van der Waals surface area contributed by atoms with Gasteiger partial charge in [0.15, 0.2) is 5.82 Å². The van der Waals surface area contributed by atoms with Crippen molar-refractivity contribution in [1.29, 1.82) is 0 Å². The number of benzene rings is 1. The minimum atomic E-state index is 0.395. The van der Waals surface area contributed by atoms with Crippen LogP contribution >= 0.6 is 11.6 Å². The number of hydrogen-bond acceptors (Lipinski definition) is 6. The summed E-state index contributed by atoms with van der Waals surface area (Å²) in [5.41, 5.74) is 2.73. The number of nitrogens with zero attached hydrogens (tertiary/aromatic N) is 5. The highest BCUT2D eigenvalue weighted by molar-refractivity contribution is 6.29. The average Bonchev–Trinajstić information content (AvgIpc) is 3.07. The fourth-order valence-corrected chi connectivity index (χ4v) is 3.43. The van der Waals surface area contributed by atoms with Crippen LogP contribution < -0.4 is 10.1 Å². The monoisotopic (exact) mass is 408 g/mol. The van der Waals surface area contributed by atoms with Gasteiger partial charge in [-0.05, 0) is 31.5 Å². The van der Waals surface area contributed by atoms with E-state index in [-0.39, 0.29) is 0 Å². The van der Waals surface area contributed by atoms with Gasteiger partial charge in [-0.1, -0.05) is 30.7 Å². The maximum absolute atomic E-state index is 6.14. The molecular formula is C21H21ClN6O. The molecule has 0 radical (unpaired) electrons. The Labute approximate surface area is 173 Å². The first-order chi connectivity index (χ1) is 14.0. The lowest BCUT2D eigenvalue weighted by Crippen LogP contribution is -2.07. The van der Waals surface area contributed by atoms with E-state index in [0.717, 1.165) is 33.7 Å². The molecule has 0 aliphatic carbocycles. The third kappa shape index (κ3) is 3.73. The molecule has 1 aromatic carbocycles. The zero-order valence-corrected chi connectivity index (χ0v) is 17.4. The van der Waals surface area contributed by atoms with Gasteiger partial charge in [0, 0.05) is 23.9 Å². The maximum Gasteiger partial charge on any atom is 0.156 e. The second-order valence-corrected chi connectivity index (χ2v) is 7.09. The summed E-state index contributed by atoms with van der Waals surface area (Å²) in [4.78, 5) is 13.5. The van der Waals surface area contributed by atoms with Crippen molar-refractivity contribution in [3.63, 3.8) is 0 Å². The van der Waals surface area contributed by atoms with Crippen LogP contribution in [0, 0.1) is 13.8 Å². The Balaban J connectivity index is 1.82. The number of halogens is 1. The molecule has 0 saturated carbocycles. The van der Waals surface area contributed by atoms with Gasteiger partial charge >= 0.3 is 0 Å². The summed E-state index contributed by atoms with van der Waals surface area (Å²) in [5, 5.41) is 9.36. The van der Waals surface area contributed by atoms with Gasteiger partial charge in [-0.3, -0.25) is 0 Å². The number of rotatable bonds is 5. The molecule has 0 fully saturated rings. The Morgan fingerprint density at radius 3 is 2.69 bits per heavy atom. The van der Waals surface area contributed by atoms with E-state index in [4.69, 9.17) is 21.3 Å². The number of fused-ring (bicyclic) bond motifs is 1. The van der Waals surface area contributed by atoms with E-state index in [1.165, 1.54) is 0 Å². The van der Waals surface area contributed by atoms with Crippen molar-refractivity contribution in [1.82, 2.24) is 24.7 Å². The molecule has 0 aliphatic heterocycles. The molecular weight excluding hydrogens is 388 g/mol. The van der Waals surface area contributed by atoms with Crippen LogP contribution in [-0.2, 0) is 6.42 Å². The third-order valence-electron chi connectivity index (χ3n) is 4.58. The largest absolute Gasteiger partial charge is 0.494 e. The number of aromatic nitrogens is 5. The highest BCUT2D eigenvalue weighted by Crippen LogP contribution is 2.29. The van der Waals surface area contributed by atoms with E-state index in [2.05, 4.69) is 20.4 Å². The van der Waals surface area contributed by atoms with E-state index in [0.29, 0.717) is 29.0 Å². The summed E-state index contributed by atoms with van der Waals surface area (Å²) < 4.78 is 7.26. The quantitative estimate of drug-likeness (QED) is 0.478. The fourth-order valence-electron chi connectivity index (χ4n) is 3.23. The standard InChI is InChI=1S/C21H21ClN6O/c1-5-17-23-16(22)11-18(24-17)25-20-10-13(3)27-28(20)19-9-12(2)14-7-6-8-15(29-4)21(14)26-19/h6-11H,5H2,1-4H3,(H,23,24,25). The molecule has 0 atom stereocenters. The van der Waals surface area contributed by atoms with Crippen molar-refractivity contribution in [3.05, 3.63) is 58.6 Å². The van der Waals surface area contributed by atoms with E-state index < -0.39 is 0 Å². The van der Waals surface area contributed by atoms with Crippen molar-refractivity contribution in [2.24, 2.45) is 0 Å². The zero-order chi connectivity index (χ0) is 20.5. The molecule has 0 amide bonds. The van der Waals surface area contributed by atoms with Crippen molar-refractivity contribution >= 4 is 34.1 Å². The number of para-hydroxylation sites is 1. The normalized spacial score (nSPS) is 11.1. The Hall–Kier alpha value is -3.19. The molecule has 4 aromatic rings. The molecule has 0 saturated heterocycles. The first-order valence-electron chi connectivity index (χ1n) is 9.30. The maximum atomic E-state index is 6.14. The highest BCUT2D eigenvalue weighted by Gasteiger charge is 2.14. The number of hydrogen-bond donors (Lipinski definition) is 1. The second-order valence-electron chi connectivity index (χ2n) is 6.71. The number of ether oxygens (including phenoxy) is 1. The van der Waals surface area contributed by atoms with Crippen molar-refractivity contribution in [3.8, 4) is 11.6 Å². The van der Waals surface area contributed by atoms with Gasteiger partial charge in [-0.2, -0.15) is 9.78 Å². The number of anilines is 2. The van der Waals surface area contributed by atoms with Gasteiger partial charge < -0.3 is 10.1 Å². The van der Waals surface area contributed by atoms with Crippen LogP contribution in [0.15, 0.2) is 36.4 Å². The Bertz CT molecular complexity index is 1200. The highest BCUT2D eigenvalue weighted by atomic mass is 35.5. The van der Waals surface area contributed by atoms with Gasteiger partial charge in [0.25, 0.3) is 0 Å². The summed E-state index contributed by atoms with van der Waals surface area (Å²) in [6.45, 7) is 5.97. The van der Waals surface area contributed by atoms with Crippen LogP contribution in [0.1, 0.15) is 24.0 Å². The van der Waals surface area contributed by atoms with Gasteiger partial charge in [-0.25, -0.2) is 15.0 Å². The Morgan fingerprint density at radius 2 is 1.93 bits per heavy atom. The predicted molar refractivity (Wildman–Crippen MR) is 115 cm³/mol. The summed E-state index contributed by atoms with van der Waals surface area (Å²) in [6.07, 6.45) is 0.693. The van der Waals surface area contributed by atoms with Gasteiger partial charge in [0.05, 0.1) is 12.8 Å².